The van der Waals surface area contributed by atoms with Gasteiger partial charge in [0.15, 0.2) is 0 Å². The van der Waals surface area contributed by atoms with E-state index in [1.54, 1.807) is 0 Å². The summed E-state index contributed by atoms with van der Waals surface area (Å²) in [6.07, 6.45) is 0.158. The van der Waals surface area contributed by atoms with Gasteiger partial charge in [0.2, 0.25) is 11.8 Å². The number of nitrogens with two attached hydrogens (primary N) is 2. The molecular weight excluding hydrogens is 134 g/mol. The summed E-state index contributed by atoms with van der Waals surface area (Å²) in [4.78, 5) is 20.9. The van der Waals surface area contributed by atoms with Gasteiger partial charge in [-0.15, -0.1) is 0 Å². The van der Waals surface area contributed by atoms with E-state index in [0.29, 0.717) is 0 Å². The zero-order valence-corrected chi connectivity index (χ0v) is 5.59. The number of rotatable bonds is 3. The number of imide groups is 1. The molecule has 2 amide bonds. The summed E-state index contributed by atoms with van der Waals surface area (Å²) in [6, 6.07) is 0. The van der Waals surface area contributed by atoms with Crippen LogP contribution in [0.1, 0.15) is 6.42 Å². The first-order valence-electron chi connectivity index (χ1n) is 2.93. The van der Waals surface area contributed by atoms with E-state index in [9.17, 15) is 9.59 Å². The summed E-state index contributed by atoms with van der Waals surface area (Å²) >= 11 is 0. The Bertz CT molecular complexity index is 135. The predicted octanol–water partition coefficient (Wildman–Crippen LogP) is -2.06. The van der Waals surface area contributed by atoms with Gasteiger partial charge in [-0.05, 0) is 0 Å². The van der Waals surface area contributed by atoms with Gasteiger partial charge in [-0.2, -0.15) is 0 Å². The highest BCUT2D eigenvalue weighted by Gasteiger charge is 2.02. The fourth-order valence-corrected chi connectivity index (χ4v) is 0.400. The Kier molecular flexibility index (Phi) is 4.43. The molecule has 0 unspecified atom stereocenters. The zero-order chi connectivity index (χ0) is 7.98. The summed E-state index contributed by atoms with van der Waals surface area (Å²) in [5.74, 6) is -0.851. The van der Waals surface area contributed by atoms with Crippen molar-refractivity contribution in [2.24, 2.45) is 11.5 Å². The molecule has 10 heavy (non-hydrogen) atoms. The van der Waals surface area contributed by atoms with Crippen molar-refractivity contribution in [2.45, 2.75) is 6.42 Å². The molecule has 0 fully saturated rings. The van der Waals surface area contributed by atoms with Gasteiger partial charge >= 0.3 is 0 Å². The molecule has 5 nitrogen and oxygen atoms in total. The maximum atomic E-state index is 10.5. The minimum Gasteiger partial charge on any atom is -0.330 e. The molecule has 0 saturated heterocycles. The molecule has 0 atom stereocenters. The van der Waals surface area contributed by atoms with Gasteiger partial charge in [0, 0.05) is 13.0 Å². The van der Waals surface area contributed by atoms with Crippen LogP contribution in [0.5, 0.6) is 0 Å². The molecule has 58 valence electrons. The van der Waals surface area contributed by atoms with Gasteiger partial charge in [-0.3, -0.25) is 14.9 Å². The van der Waals surface area contributed by atoms with Crippen molar-refractivity contribution in [1.29, 1.82) is 0 Å². The zero-order valence-electron chi connectivity index (χ0n) is 5.59. The number of amides is 2. The van der Waals surface area contributed by atoms with Gasteiger partial charge in [-0.25, -0.2) is 0 Å². The molecule has 0 bridgehead atoms. The van der Waals surface area contributed by atoms with E-state index >= 15 is 0 Å². The van der Waals surface area contributed by atoms with Gasteiger partial charge < -0.3 is 11.5 Å². The summed E-state index contributed by atoms with van der Waals surface area (Å²) < 4.78 is 0. The minimum absolute atomic E-state index is 0.158. The van der Waals surface area contributed by atoms with Crippen molar-refractivity contribution in [3.8, 4) is 0 Å². The maximum absolute atomic E-state index is 10.5. The van der Waals surface area contributed by atoms with Crippen molar-refractivity contribution in [3.63, 3.8) is 0 Å². The van der Waals surface area contributed by atoms with Crippen molar-refractivity contribution in [3.05, 3.63) is 0 Å². The van der Waals surface area contributed by atoms with Crippen LogP contribution < -0.4 is 16.8 Å². The Balaban J connectivity index is 3.47. The second-order valence-corrected chi connectivity index (χ2v) is 1.71. The molecule has 0 aliphatic carbocycles. The summed E-state index contributed by atoms with van der Waals surface area (Å²) in [5, 5.41) is 2.05. The van der Waals surface area contributed by atoms with Crippen LogP contribution in [0.25, 0.3) is 0 Å². The number of hydrogen-bond donors (Lipinski definition) is 3. The maximum Gasteiger partial charge on any atom is 0.240 e. The minimum atomic E-state index is -0.474. The fourth-order valence-electron chi connectivity index (χ4n) is 0.400. The largest absolute Gasteiger partial charge is 0.330 e. The smallest absolute Gasteiger partial charge is 0.240 e. The highest BCUT2D eigenvalue weighted by atomic mass is 16.2. The van der Waals surface area contributed by atoms with E-state index in [1.165, 1.54) is 0 Å². The topological polar surface area (TPSA) is 98.2 Å². The Labute approximate surface area is 58.8 Å². The quantitative estimate of drug-likeness (QED) is 0.425. The number of carbonyl (C=O) groups is 2. The summed E-state index contributed by atoms with van der Waals surface area (Å²) in [5.41, 5.74) is 9.96. The third-order valence-corrected chi connectivity index (χ3v) is 0.836. The Morgan fingerprint density at radius 2 is 1.80 bits per heavy atom. The normalized spacial score (nSPS) is 9.00. The monoisotopic (exact) mass is 145 g/mol. The molecule has 0 aromatic carbocycles. The first kappa shape index (κ1) is 9.06. The van der Waals surface area contributed by atoms with Gasteiger partial charge in [0.05, 0.1) is 6.54 Å². The molecule has 0 saturated carbocycles. The molecule has 0 radical (unpaired) electrons. The molecule has 0 aliphatic heterocycles. The number of carbonyl (C=O) groups excluding carboxylic acids is 2. The second-order valence-electron chi connectivity index (χ2n) is 1.71. The first-order valence-corrected chi connectivity index (χ1v) is 2.93. The van der Waals surface area contributed by atoms with Crippen LogP contribution in [0.2, 0.25) is 0 Å². The van der Waals surface area contributed by atoms with Crippen LogP contribution in [0.15, 0.2) is 0 Å². The lowest BCUT2D eigenvalue weighted by atomic mass is 10.4. The third kappa shape index (κ3) is 3.99. The van der Waals surface area contributed by atoms with Crippen LogP contribution >= 0.6 is 0 Å². The highest BCUT2D eigenvalue weighted by Crippen LogP contribution is 1.72. The second kappa shape index (κ2) is 4.89. The van der Waals surface area contributed by atoms with Crippen LogP contribution in [0.3, 0.4) is 0 Å². The predicted molar refractivity (Wildman–Crippen MR) is 35.9 cm³/mol. The number of nitrogens with one attached hydrogen (secondary N) is 1. The van der Waals surface area contributed by atoms with Crippen molar-refractivity contribution >= 4 is 11.8 Å². The standard InChI is InChI=1S/C5H11N3O2/c6-2-1-4(9)8-5(10)3-7/h1-3,6-7H2,(H,8,9,10). The van der Waals surface area contributed by atoms with Gasteiger partial charge in [-0.1, -0.05) is 0 Å². The van der Waals surface area contributed by atoms with E-state index < -0.39 is 5.91 Å². The van der Waals surface area contributed by atoms with E-state index in [2.05, 4.69) is 0 Å². The summed E-state index contributed by atoms with van der Waals surface area (Å²) in [6.45, 7) is 0.0694. The Morgan fingerprint density at radius 1 is 1.20 bits per heavy atom. The lowest BCUT2D eigenvalue weighted by Crippen LogP contribution is -2.36. The molecule has 0 aromatic rings. The van der Waals surface area contributed by atoms with Crippen LogP contribution in [0.4, 0.5) is 0 Å². The van der Waals surface area contributed by atoms with Gasteiger partial charge in [0.1, 0.15) is 0 Å². The van der Waals surface area contributed by atoms with Gasteiger partial charge in [0.25, 0.3) is 0 Å². The van der Waals surface area contributed by atoms with Crippen LogP contribution in [0, 0.1) is 0 Å². The lowest BCUT2D eigenvalue weighted by Gasteiger charge is -1.98. The molecule has 0 aromatic heterocycles. The SMILES string of the molecule is NCCC(=O)NC(=O)CN. The molecule has 0 aliphatic rings. The van der Waals surface area contributed by atoms with E-state index in [0.717, 1.165) is 0 Å². The van der Waals surface area contributed by atoms with E-state index in [-0.39, 0.29) is 25.4 Å². The molecule has 5 N–H and O–H groups in total. The average molecular weight is 145 g/mol. The molecule has 0 spiro atoms. The Hall–Kier alpha value is -0.940. The third-order valence-electron chi connectivity index (χ3n) is 0.836. The summed E-state index contributed by atoms with van der Waals surface area (Å²) in [7, 11) is 0. The average Bonchev–Trinajstić information content (AvgIpc) is 1.88. The van der Waals surface area contributed by atoms with Crippen LogP contribution in [-0.4, -0.2) is 24.9 Å². The van der Waals surface area contributed by atoms with Crippen molar-refractivity contribution in [2.75, 3.05) is 13.1 Å². The molecule has 0 heterocycles. The van der Waals surface area contributed by atoms with E-state index in [1.807, 2.05) is 5.32 Å². The van der Waals surface area contributed by atoms with Crippen LogP contribution in [-0.2, 0) is 9.59 Å². The molecular formula is C5H11N3O2. The Morgan fingerprint density at radius 3 is 2.20 bits per heavy atom. The number of hydrogen-bond acceptors (Lipinski definition) is 4. The first-order chi connectivity index (χ1) is 4.70. The highest BCUT2D eigenvalue weighted by molar-refractivity contribution is 5.95. The van der Waals surface area contributed by atoms with Crippen molar-refractivity contribution < 1.29 is 9.59 Å². The molecule has 0 rings (SSSR count). The fraction of sp³-hybridized carbons (Fsp3) is 0.600. The van der Waals surface area contributed by atoms with E-state index in [4.69, 9.17) is 11.5 Å². The molecule has 5 heteroatoms. The lowest BCUT2D eigenvalue weighted by molar-refractivity contribution is -0.129. The van der Waals surface area contributed by atoms with Crippen molar-refractivity contribution in [1.82, 2.24) is 5.32 Å².